The molecule has 0 radical (unpaired) electrons. The van der Waals surface area contributed by atoms with Crippen LogP contribution < -0.4 is 5.32 Å². The normalized spacial score (nSPS) is 12.7. The Labute approximate surface area is 120 Å². The standard InChI is InChI=1S/C13H16BrN3S/c1-4-10-8(2)18-13(17-10)12(15-3)11-6-5-9(14)7-16-11/h5-7,12,15H,4H2,1-3H3. The number of aryl methyl sites for hydroxylation is 2. The molecule has 0 saturated heterocycles. The maximum absolute atomic E-state index is 4.70. The van der Waals surface area contributed by atoms with Gasteiger partial charge in [0.15, 0.2) is 0 Å². The lowest BCUT2D eigenvalue weighted by Gasteiger charge is -2.12. The highest BCUT2D eigenvalue weighted by atomic mass is 79.9. The predicted octanol–water partition coefficient (Wildman–Crippen LogP) is 3.48. The van der Waals surface area contributed by atoms with E-state index in [2.05, 4.69) is 40.1 Å². The summed E-state index contributed by atoms with van der Waals surface area (Å²) < 4.78 is 0.991. The summed E-state index contributed by atoms with van der Waals surface area (Å²) in [5.41, 5.74) is 2.18. The Balaban J connectivity index is 2.35. The van der Waals surface area contributed by atoms with Crippen molar-refractivity contribution in [1.82, 2.24) is 15.3 Å². The van der Waals surface area contributed by atoms with Crippen molar-refractivity contribution in [2.24, 2.45) is 0 Å². The monoisotopic (exact) mass is 325 g/mol. The number of rotatable bonds is 4. The van der Waals surface area contributed by atoms with Crippen molar-refractivity contribution in [3.05, 3.63) is 44.1 Å². The van der Waals surface area contributed by atoms with Gasteiger partial charge in [0.2, 0.25) is 0 Å². The molecular formula is C13H16BrN3S. The Morgan fingerprint density at radius 2 is 2.22 bits per heavy atom. The fourth-order valence-electron chi connectivity index (χ4n) is 1.86. The molecule has 0 aliphatic rings. The average molecular weight is 326 g/mol. The first-order chi connectivity index (χ1) is 8.65. The van der Waals surface area contributed by atoms with Crippen LogP contribution in [0.1, 0.15) is 34.2 Å². The van der Waals surface area contributed by atoms with Crippen molar-refractivity contribution in [2.45, 2.75) is 26.3 Å². The largest absolute Gasteiger partial charge is 0.306 e. The van der Waals surface area contributed by atoms with E-state index in [1.54, 1.807) is 11.3 Å². The summed E-state index contributed by atoms with van der Waals surface area (Å²) in [6.45, 7) is 4.26. The fraction of sp³-hybridized carbons (Fsp3) is 0.385. The number of halogens is 1. The maximum Gasteiger partial charge on any atom is 0.116 e. The van der Waals surface area contributed by atoms with Crippen LogP contribution in [0.15, 0.2) is 22.8 Å². The highest BCUT2D eigenvalue weighted by molar-refractivity contribution is 9.10. The molecule has 96 valence electrons. The Kier molecular flexibility index (Phi) is 4.48. The molecule has 2 rings (SSSR count). The quantitative estimate of drug-likeness (QED) is 0.935. The summed E-state index contributed by atoms with van der Waals surface area (Å²) in [5, 5.41) is 4.37. The minimum Gasteiger partial charge on any atom is -0.306 e. The molecule has 1 atom stereocenters. The van der Waals surface area contributed by atoms with Gasteiger partial charge in [-0.05, 0) is 48.5 Å². The summed E-state index contributed by atoms with van der Waals surface area (Å²) in [5.74, 6) is 0. The molecule has 3 nitrogen and oxygen atoms in total. The molecule has 0 aliphatic heterocycles. The van der Waals surface area contributed by atoms with Gasteiger partial charge in [0, 0.05) is 15.5 Å². The average Bonchev–Trinajstić information content (AvgIpc) is 2.74. The molecule has 5 heteroatoms. The van der Waals surface area contributed by atoms with Gasteiger partial charge in [-0.2, -0.15) is 0 Å². The molecule has 0 fully saturated rings. The van der Waals surface area contributed by atoms with Crippen LogP contribution in [-0.2, 0) is 6.42 Å². The second-order valence-electron chi connectivity index (χ2n) is 4.03. The van der Waals surface area contributed by atoms with Crippen molar-refractivity contribution in [2.75, 3.05) is 7.05 Å². The molecule has 18 heavy (non-hydrogen) atoms. The lowest BCUT2D eigenvalue weighted by atomic mass is 10.2. The topological polar surface area (TPSA) is 37.8 Å². The van der Waals surface area contributed by atoms with Gasteiger partial charge < -0.3 is 5.32 Å². The summed E-state index contributed by atoms with van der Waals surface area (Å²) in [6, 6.07) is 4.10. The van der Waals surface area contributed by atoms with E-state index < -0.39 is 0 Å². The first-order valence-electron chi connectivity index (χ1n) is 5.90. The number of nitrogens with zero attached hydrogens (tertiary/aromatic N) is 2. The van der Waals surface area contributed by atoms with Crippen LogP contribution >= 0.6 is 27.3 Å². The zero-order valence-electron chi connectivity index (χ0n) is 10.7. The lowest BCUT2D eigenvalue weighted by Crippen LogP contribution is -2.18. The van der Waals surface area contributed by atoms with E-state index in [-0.39, 0.29) is 6.04 Å². The number of thiazole rings is 1. The molecule has 0 amide bonds. The maximum atomic E-state index is 4.70. The van der Waals surface area contributed by atoms with E-state index in [1.165, 1.54) is 10.6 Å². The van der Waals surface area contributed by atoms with Gasteiger partial charge in [0.1, 0.15) is 11.0 Å². The molecule has 1 unspecified atom stereocenters. The van der Waals surface area contributed by atoms with Crippen LogP contribution in [0.2, 0.25) is 0 Å². The molecule has 0 bridgehead atoms. The highest BCUT2D eigenvalue weighted by Gasteiger charge is 2.18. The molecule has 2 heterocycles. The van der Waals surface area contributed by atoms with Gasteiger partial charge >= 0.3 is 0 Å². The van der Waals surface area contributed by atoms with Gasteiger partial charge in [-0.15, -0.1) is 11.3 Å². The molecule has 0 aliphatic carbocycles. The van der Waals surface area contributed by atoms with Crippen molar-refractivity contribution >= 4 is 27.3 Å². The summed E-state index contributed by atoms with van der Waals surface area (Å²) in [7, 11) is 1.94. The van der Waals surface area contributed by atoms with Crippen LogP contribution in [0.3, 0.4) is 0 Å². The van der Waals surface area contributed by atoms with Gasteiger partial charge in [-0.1, -0.05) is 6.92 Å². The first-order valence-corrected chi connectivity index (χ1v) is 7.51. The number of aromatic nitrogens is 2. The Hall–Kier alpha value is -0.780. The first kappa shape index (κ1) is 13.6. The van der Waals surface area contributed by atoms with Crippen LogP contribution in [-0.4, -0.2) is 17.0 Å². The summed E-state index contributed by atoms with van der Waals surface area (Å²) >= 11 is 5.15. The van der Waals surface area contributed by atoms with Crippen molar-refractivity contribution < 1.29 is 0 Å². The summed E-state index contributed by atoms with van der Waals surface area (Å²) in [4.78, 5) is 10.4. The SMILES string of the molecule is CCc1nc(C(NC)c2ccc(Br)cn2)sc1C. The molecule has 1 N–H and O–H groups in total. The van der Waals surface area contributed by atoms with Crippen molar-refractivity contribution in [3.8, 4) is 0 Å². The summed E-state index contributed by atoms with van der Waals surface area (Å²) in [6.07, 6.45) is 2.80. The van der Waals surface area contributed by atoms with Crippen molar-refractivity contribution in [3.63, 3.8) is 0 Å². The van der Waals surface area contributed by atoms with Gasteiger partial charge in [0.05, 0.1) is 11.4 Å². The van der Waals surface area contributed by atoms with E-state index in [1.807, 2.05) is 25.4 Å². The number of pyridine rings is 1. The minimum atomic E-state index is 0.0714. The van der Waals surface area contributed by atoms with Gasteiger partial charge in [-0.25, -0.2) is 4.98 Å². The van der Waals surface area contributed by atoms with Gasteiger partial charge in [-0.3, -0.25) is 4.98 Å². The highest BCUT2D eigenvalue weighted by Crippen LogP contribution is 2.27. The van der Waals surface area contributed by atoms with Crippen LogP contribution in [0.4, 0.5) is 0 Å². The zero-order valence-corrected chi connectivity index (χ0v) is 13.1. The predicted molar refractivity (Wildman–Crippen MR) is 79.1 cm³/mol. The Morgan fingerprint density at radius 3 is 2.72 bits per heavy atom. The molecule has 2 aromatic heterocycles. The second-order valence-corrected chi connectivity index (χ2v) is 6.18. The fourth-order valence-corrected chi connectivity index (χ4v) is 3.23. The molecule has 0 spiro atoms. The van der Waals surface area contributed by atoms with Crippen LogP contribution in [0.5, 0.6) is 0 Å². The van der Waals surface area contributed by atoms with E-state index in [0.717, 1.165) is 21.6 Å². The second kappa shape index (κ2) is 5.91. The minimum absolute atomic E-state index is 0.0714. The third-order valence-electron chi connectivity index (χ3n) is 2.83. The Morgan fingerprint density at radius 1 is 1.44 bits per heavy atom. The van der Waals surface area contributed by atoms with Crippen LogP contribution in [0, 0.1) is 6.92 Å². The number of nitrogens with one attached hydrogen (secondary N) is 1. The van der Waals surface area contributed by atoms with Gasteiger partial charge in [0.25, 0.3) is 0 Å². The molecule has 2 aromatic rings. The van der Waals surface area contributed by atoms with E-state index in [4.69, 9.17) is 4.98 Å². The van der Waals surface area contributed by atoms with Crippen molar-refractivity contribution in [1.29, 1.82) is 0 Å². The number of hydrogen-bond acceptors (Lipinski definition) is 4. The van der Waals surface area contributed by atoms with E-state index in [0.29, 0.717) is 0 Å². The third-order valence-corrected chi connectivity index (χ3v) is 4.37. The molecule has 0 aromatic carbocycles. The lowest BCUT2D eigenvalue weighted by molar-refractivity contribution is 0.663. The third kappa shape index (κ3) is 2.79. The number of hydrogen-bond donors (Lipinski definition) is 1. The van der Waals surface area contributed by atoms with E-state index >= 15 is 0 Å². The smallest absolute Gasteiger partial charge is 0.116 e. The molecular weight excluding hydrogens is 310 g/mol. The molecule has 0 saturated carbocycles. The Bertz CT molecular complexity index is 522. The zero-order chi connectivity index (χ0) is 13.1. The van der Waals surface area contributed by atoms with E-state index in [9.17, 15) is 0 Å². The van der Waals surface area contributed by atoms with Crippen LogP contribution in [0.25, 0.3) is 0 Å².